The molecule has 1 nitrogen and oxygen atoms in total. The third kappa shape index (κ3) is 2.11. The van der Waals surface area contributed by atoms with Crippen molar-refractivity contribution in [3.8, 4) is 5.75 Å². The molecule has 0 aliphatic rings. The molecule has 0 bridgehead atoms. The van der Waals surface area contributed by atoms with Gasteiger partial charge in [-0.05, 0) is 31.2 Å². The van der Waals surface area contributed by atoms with Crippen molar-refractivity contribution < 1.29 is 5.11 Å². The minimum absolute atomic E-state index is 0.351. The first-order valence-electron chi connectivity index (χ1n) is 4.28. The quantitative estimate of drug-likeness (QED) is 0.831. The van der Waals surface area contributed by atoms with Crippen LogP contribution < -0.4 is 0 Å². The minimum Gasteiger partial charge on any atom is -0.507 e. The van der Waals surface area contributed by atoms with Crippen molar-refractivity contribution in [2.45, 2.75) is 16.0 Å². The number of phenolic OH excluding ortho intramolecular Hbond substituents is 1. The van der Waals surface area contributed by atoms with Crippen molar-refractivity contribution >= 4 is 23.1 Å². The highest BCUT2D eigenvalue weighted by Gasteiger charge is 2.03. The zero-order valence-corrected chi connectivity index (χ0v) is 9.36. The predicted molar refractivity (Wildman–Crippen MR) is 61.3 cm³/mol. The number of thiophene rings is 1. The maximum absolute atomic E-state index is 9.56. The number of rotatable bonds is 2. The Labute approximate surface area is 91.4 Å². The molecule has 72 valence electrons. The van der Waals surface area contributed by atoms with Crippen LogP contribution in [0.3, 0.4) is 0 Å². The van der Waals surface area contributed by atoms with E-state index in [1.807, 2.05) is 18.2 Å². The van der Waals surface area contributed by atoms with E-state index in [9.17, 15) is 5.11 Å². The van der Waals surface area contributed by atoms with Crippen LogP contribution in [0, 0.1) is 6.92 Å². The summed E-state index contributed by atoms with van der Waals surface area (Å²) in [5.74, 6) is 0.351. The summed E-state index contributed by atoms with van der Waals surface area (Å²) in [5.41, 5.74) is 0. The predicted octanol–water partition coefficient (Wildman–Crippen LogP) is 3.91. The van der Waals surface area contributed by atoms with Gasteiger partial charge in [-0.15, -0.1) is 11.3 Å². The summed E-state index contributed by atoms with van der Waals surface area (Å²) < 4.78 is 1.21. The molecule has 1 aromatic carbocycles. The fraction of sp³-hybridized carbons (Fsp3) is 0.0909. The lowest BCUT2D eigenvalue weighted by molar-refractivity contribution is 0.462. The number of hydrogen-bond donors (Lipinski definition) is 1. The number of para-hydroxylation sites is 1. The number of benzene rings is 1. The molecule has 0 aliphatic carbocycles. The molecule has 0 atom stereocenters. The summed E-state index contributed by atoms with van der Waals surface area (Å²) in [5, 5.41) is 9.56. The van der Waals surface area contributed by atoms with Gasteiger partial charge in [0.25, 0.3) is 0 Å². The zero-order chi connectivity index (χ0) is 9.97. The summed E-state index contributed by atoms with van der Waals surface area (Å²) in [6.07, 6.45) is 0. The molecule has 2 aromatic rings. The van der Waals surface area contributed by atoms with Crippen LogP contribution in [0.15, 0.2) is 45.5 Å². The van der Waals surface area contributed by atoms with Gasteiger partial charge in [0.2, 0.25) is 0 Å². The highest BCUT2D eigenvalue weighted by Crippen LogP contribution is 2.37. The Morgan fingerprint density at radius 2 is 1.93 bits per heavy atom. The van der Waals surface area contributed by atoms with Crippen molar-refractivity contribution in [1.29, 1.82) is 0 Å². The Kier molecular flexibility index (Phi) is 2.79. The summed E-state index contributed by atoms with van der Waals surface area (Å²) >= 11 is 3.35. The number of aromatic hydroxyl groups is 1. The average Bonchev–Trinajstić information content (AvgIpc) is 2.56. The smallest absolute Gasteiger partial charge is 0.129 e. The summed E-state index contributed by atoms with van der Waals surface area (Å²) in [6.45, 7) is 2.08. The van der Waals surface area contributed by atoms with Gasteiger partial charge in [-0.25, -0.2) is 0 Å². The van der Waals surface area contributed by atoms with Gasteiger partial charge in [-0.1, -0.05) is 23.9 Å². The molecule has 3 heteroatoms. The first-order chi connectivity index (χ1) is 6.75. The van der Waals surface area contributed by atoms with Gasteiger partial charge in [0.15, 0.2) is 0 Å². The second-order valence-electron chi connectivity index (χ2n) is 2.93. The van der Waals surface area contributed by atoms with Crippen molar-refractivity contribution in [3.05, 3.63) is 41.3 Å². The molecule has 0 fully saturated rings. The van der Waals surface area contributed by atoms with Gasteiger partial charge >= 0.3 is 0 Å². The number of hydrogen-bond acceptors (Lipinski definition) is 3. The van der Waals surface area contributed by atoms with E-state index in [-0.39, 0.29) is 0 Å². The Balaban J connectivity index is 2.23. The SMILES string of the molecule is Cc1ccc(Sc2ccccc2O)s1. The fourth-order valence-electron chi connectivity index (χ4n) is 1.12. The molecular formula is C11H10OS2. The van der Waals surface area contributed by atoms with Crippen LogP contribution in [-0.2, 0) is 0 Å². The second-order valence-corrected chi connectivity index (χ2v) is 5.56. The monoisotopic (exact) mass is 222 g/mol. The van der Waals surface area contributed by atoms with E-state index in [0.717, 1.165) is 4.90 Å². The Morgan fingerprint density at radius 3 is 2.57 bits per heavy atom. The molecule has 2 rings (SSSR count). The van der Waals surface area contributed by atoms with E-state index < -0.39 is 0 Å². The first-order valence-corrected chi connectivity index (χ1v) is 5.91. The van der Waals surface area contributed by atoms with Gasteiger partial charge in [0, 0.05) is 4.88 Å². The maximum atomic E-state index is 9.56. The molecule has 1 heterocycles. The van der Waals surface area contributed by atoms with Crippen LogP contribution in [0.25, 0.3) is 0 Å². The van der Waals surface area contributed by atoms with Gasteiger partial charge in [0.1, 0.15) is 5.75 Å². The third-order valence-electron chi connectivity index (χ3n) is 1.79. The van der Waals surface area contributed by atoms with Crippen LogP contribution >= 0.6 is 23.1 Å². The van der Waals surface area contributed by atoms with Gasteiger partial charge in [-0.3, -0.25) is 0 Å². The van der Waals surface area contributed by atoms with Crippen molar-refractivity contribution in [3.63, 3.8) is 0 Å². The van der Waals surface area contributed by atoms with E-state index in [4.69, 9.17) is 0 Å². The molecule has 0 unspecified atom stereocenters. The minimum atomic E-state index is 0.351. The van der Waals surface area contributed by atoms with Crippen molar-refractivity contribution in [1.82, 2.24) is 0 Å². The van der Waals surface area contributed by atoms with E-state index in [1.54, 1.807) is 29.2 Å². The topological polar surface area (TPSA) is 20.2 Å². The summed E-state index contributed by atoms with van der Waals surface area (Å²) in [6, 6.07) is 11.6. The lowest BCUT2D eigenvalue weighted by Gasteiger charge is -2.00. The van der Waals surface area contributed by atoms with Gasteiger partial charge in [0.05, 0.1) is 9.10 Å². The van der Waals surface area contributed by atoms with Gasteiger partial charge < -0.3 is 5.11 Å². The van der Waals surface area contributed by atoms with E-state index in [1.165, 1.54) is 9.09 Å². The van der Waals surface area contributed by atoms with Crippen molar-refractivity contribution in [2.24, 2.45) is 0 Å². The largest absolute Gasteiger partial charge is 0.507 e. The third-order valence-corrected chi connectivity index (χ3v) is 3.99. The number of aryl methyl sites for hydroxylation is 1. The molecule has 1 N–H and O–H groups in total. The normalized spacial score (nSPS) is 10.4. The van der Waals surface area contributed by atoms with Crippen LogP contribution in [-0.4, -0.2) is 5.11 Å². The van der Waals surface area contributed by atoms with Crippen LogP contribution in [0.4, 0.5) is 0 Å². The molecule has 0 aliphatic heterocycles. The first kappa shape index (κ1) is 9.62. The van der Waals surface area contributed by atoms with Crippen LogP contribution in [0.2, 0.25) is 0 Å². The van der Waals surface area contributed by atoms with E-state index >= 15 is 0 Å². The lowest BCUT2D eigenvalue weighted by Crippen LogP contribution is -1.70. The Hall–Kier alpha value is -0.930. The molecular weight excluding hydrogens is 212 g/mol. The standard InChI is InChI=1S/C11H10OS2/c1-8-6-7-11(13-8)14-10-5-3-2-4-9(10)12/h2-7,12H,1H3. The summed E-state index contributed by atoms with van der Waals surface area (Å²) in [7, 11) is 0. The second kappa shape index (κ2) is 4.07. The summed E-state index contributed by atoms with van der Waals surface area (Å²) in [4.78, 5) is 2.21. The average molecular weight is 222 g/mol. The molecule has 0 saturated heterocycles. The zero-order valence-electron chi connectivity index (χ0n) is 7.73. The molecule has 0 amide bonds. The van der Waals surface area contributed by atoms with Crippen LogP contribution in [0.1, 0.15) is 4.88 Å². The number of phenols is 1. The van der Waals surface area contributed by atoms with E-state index in [2.05, 4.69) is 19.1 Å². The highest BCUT2D eigenvalue weighted by atomic mass is 32.2. The Morgan fingerprint density at radius 1 is 1.14 bits per heavy atom. The van der Waals surface area contributed by atoms with Crippen LogP contribution in [0.5, 0.6) is 5.75 Å². The molecule has 0 saturated carbocycles. The van der Waals surface area contributed by atoms with Crippen molar-refractivity contribution in [2.75, 3.05) is 0 Å². The molecule has 1 aromatic heterocycles. The lowest BCUT2D eigenvalue weighted by atomic mass is 10.3. The fourth-order valence-corrected chi connectivity index (χ4v) is 3.21. The highest BCUT2D eigenvalue weighted by molar-refractivity contribution is 8.01. The molecule has 0 spiro atoms. The molecule has 14 heavy (non-hydrogen) atoms. The van der Waals surface area contributed by atoms with E-state index in [0.29, 0.717) is 5.75 Å². The van der Waals surface area contributed by atoms with Gasteiger partial charge in [-0.2, -0.15) is 0 Å². The Bertz CT molecular complexity index is 434. The molecule has 0 radical (unpaired) electrons. The maximum Gasteiger partial charge on any atom is 0.129 e.